The Labute approximate surface area is 271 Å². The van der Waals surface area contributed by atoms with E-state index < -0.39 is 0 Å². The summed E-state index contributed by atoms with van der Waals surface area (Å²) in [6.07, 6.45) is 0. The van der Waals surface area contributed by atoms with Gasteiger partial charge in [0.15, 0.2) is 5.69 Å². The molecule has 9 rings (SSSR count). The van der Waals surface area contributed by atoms with Crippen molar-refractivity contribution in [1.29, 1.82) is 10.5 Å². The lowest BCUT2D eigenvalue weighted by molar-refractivity contribution is 0.661. The third-order valence-electron chi connectivity index (χ3n) is 9.96. The molecular weight excluding hydrogens is 574 g/mol. The van der Waals surface area contributed by atoms with E-state index in [-0.39, 0.29) is 5.41 Å². The first-order chi connectivity index (χ1) is 22.9. The number of benzene rings is 6. The molecule has 1 aliphatic rings. The van der Waals surface area contributed by atoms with Crippen LogP contribution in [0.2, 0.25) is 0 Å². The summed E-state index contributed by atoms with van der Waals surface area (Å²) in [5, 5.41) is 23.4. The summed E-state index contributed by atoms with van der Waals surface area (Å²) >= 11 is 0. The SMILES string of the molecule is [C-]#[N+]c1ccc2c(c1)c1c3c(ccc1n2-c1cccc(-n2c4ccc(C#N)cc4c4cc(C#N)ccc42)c1)C(C)(C)c1ccccc1-3. The molecule has 0 N–H and O–H groups in total. The van der Waals surface area contributed by atoms with Crippen LogP contribution in [0.3, 0.4) is 0 Å². The van der Waals surface area contributed by atoms with Crippen LogP contribution in [0.15, 0.2) is 115 Å². The van der Waals surface area contributed by atoms with E-state index in [1.807, 2.05) is 48.5 Å². The molecule has 0 saturated carbocycles. The maximum atomic E-state index is 9.65. The molecule has 1 aliphatic carbocycles. The number of nitrogens with zero attached hydrogens (tertiary/aromatic N) is 5. The van der Waals surface area contributed by atoms with E-state index in [1.165, 1.54) is 22.3 Å². The minimum atomic E-state index is -0.140. The first-order valence-electron chi connectivity index (χ1n) is 15.5. The van der Waals surface area contributed by atoms with E-state index in [1.54, 1.807) is 0 Å². The van der Waals surface area contributed by atoms with Crippen molar-refractivity contribution in [2.24, 2.45) is 0 Å². The Kier molecular flexibility index (Phi) is 5.38. The molecule has 0 fully saturated rings. The highest BCUT2D eigenvalue weighted by atomic mass is 15.0. The summed E-state index contributed by atoms with van der Waals surface area (Å²) in [5.41, 5.74) is 12.8. The van der Waals surface area contributed by atoms with Gasteiger partial charge in [0.1, 0.15) is 0 Å². The van der Waals surface area contributed by atoms with Crippen molar-refractivity contribution in [3.63, 3.8) is 0 Å². The molecule has 5 heteroatoms. The van der Waals surface area contributed by atoms with E-state index in [2.05, 4.69) is 107 Å². The predicted molar refractivity (Wildman–Crippen MR) is 188 cm³/mol. The van der Waals surface area contributed by atoms with Crippen molar-refractivity contribution < 1.29 is 0 Å². The van der Waals surface area contributed by atoms with Crippen molar-refractivity contribution in [2.45, 2.75) is 19.3 Å². The van der Waals surface area contributed by atoms with E-state index in [9.17, 15) is 10.5 Å². The summed E-state index contributed by atoms with van der Waals surface area (Å²) in [5.74, 6) is 0. The number of nitriles is 2. The van der Waals surface area contributed by atoms with Crippen LogP contribution in [0.25, 0.3) is 71.0 Å². The zero-order chi connectivity index (χ0) is 32.0. The second kappa shape index (κ2) is 9.45. The molecule has 0 saturated heterocycles. The van der Waals surface area contributed by atoms with Crippen molar-refractivity contribution in [1.82, 2.24) is 9.13 Å². The van der Waals surface area contributed by atoms with Gasteiger partial charge in [0.2, 0.25) is 0 Å². The van der Waals surface area contributed by atoms with Crippen molar-refractivity contribution in [3.8, 4) is 34.6 Å². The summed E-state index contributed by atoms with van der Waals surface area (Å²) in [6.45, 7) is 12.4. The van der Waals surface area contributed by atoms with Crippen LogP contribution in [0.5, 0.6) is 0 Å². The largest absolute Gasteiger partial charge is 0.309 e. The molecule has 6 aromatic carbocycles. The number of hydrogen-bond acceptors (Lipinski definition) is 2. The highest BCUT2D eigenvalue weighted by Crippen LogP contribution is 2.53. The van der Waals surface area contributed by atoms with Crippen LogP contribution in [-0.2, 0) is 5.41 Å². The molecule has 47 heavy (non-hydrogen) atoms. The lowest BCUT2D eigenvalue weighted by Gasteiger charge is -2.21. The molecule has 0 radical (unpaired) electrons. The third kappa shape index (κ3) is 3.56. The van der Waals surface area contributed by atoms with Gasteiger partial charge in [-0.05, 0) is 100 Å². The van der Waals surface area contributed by atoms with E-state index in [4.69, 9.17) is 6.57 Å². The topological polar surface area (TPSA) is 61.8 Å². The average molecular weight is 600 g/mol. The Morgan fingerprint density at radius 2 is 1.19 bits per heavy atom. The smallest absolute Gasteiger partial charge is 0.188 e. The summed E-state index contributed by atoms with van der Waals surface area (Å²) in [7, 11) is 0. The molecule has 5 nitrogen and oxygen atoms in total. The fraction of sp³-hybridized carbons (Fsp3) is 0.0714. The zero-order valence-corrected chi connectivity index (χ0v) is 25.7. The van der Waals surface area contributed by atoms with Crippen LogP contribution in [0.4, 0.5) is 5.69 Å². The van der Waals surface area contributed by atoms with Gasteiger partial charge in [-0.2, -0.15) is 10.5 Å². The molecule has 0 spiro atoms. The number of rotatable bonds is 2. The molecule has 0 amide bonds. The summed E-state index contributed by atoms with van der Waals surface area (Å²) in [4.78, 5) is 3.80. The normalized spacial score (nSPS) is 13.0. The van der Waals surface area contributed by atoms with Gasteiger partial charge >= 0.3 is 0 Å². The molecule has 0 bridgehead atoms. The molecular formula is C42H25N5. The van der Waals surface area contributed by atoms with Gasteiger partial charge in [0.25, 0.3) is 0 Å². The Hall–Kier alpha value is -6.61. The summed E-state index contributed by atoms with van der Waals surface area (Å²) in [6, 6.07) is 43.7. The second-order valence-electron chi connectivity index (χ2n) is 12.7. The Morgan fingerprint density at radius 1 is 0.596 bits per heavy atom. The first-order valence-corrected chi connectivity index (χ1v) is 15.5. The van der Waals surface area contributed by atoms with E-state index in [0.29, 0.717) is 16.8 Å². The highest BCUT2D eigenvalue weighted by Gasteiger charge is 2.37. The first kappa shape index (κ1) is 26.8. The Morgan fingerprint density at radius 3 is 1.85 bits per heavy atom. The van der Waals surface area contributed by atoms with E-state index in [0.717, 1.165) is 55.0 Å². The quantitative estimate of drug-likeness (QED) is 0.186. The van der Waals surface area contributed by atoms with Crippen molar-refractivity contribution in [3.05, 3.63) is 149 Å². The lowest BCUT2D eigenvalue weighted by Crippen LogP contribution is -2.14. The predicted octanol–water partition coefficient (Wildman–Crippen LogP) is 10.5. The van der Waals surface area contributed by atoms with Crippen molar-refractivity contribution >= 4 is 49.3 Å². The van der Waals surface area contributed by atoms with Gasteiger partial charge in [-0.1, -0.05) is 56.3 Å². The monoisotopic (exact) mass is 599 g/mol. The highest BCUT2D eigenvalue weighted by molar-refractivity contribution is 6.18. The zero-order valence-electron chi connectivity index (χ0n) is 25.7. The van der Waals surface area contributed by atoms with Gasteiger partial charge in [0, 0.05) is 32.9 Å². The molecule has 218 valence electrons. The molecule has 2 heterocycles. The molecule has 8 aromatic rings. The van der Waals surface area contributed by atoms with Gasteiger partial charge in [-0.3, -0.25) is 0 Å². The number of aromatic nitrogens is 2. The maximum absolute atomic E-state index is 9.65. The fourth-order valence-electron chi connectivity index (χ4n) is 7.85. The Balaban J connectivity index is 1.36. The van der Waals surface area contributed by atoms with Crippen LogP contribution < -0.4 is 0 Å². The molecule has 2 aromatic heterocycles. The van der Waals surface area contributed by atoms with Crippen LogP contribution >= 0.6 is 0 Å². The van der Waals surface area contributed by atoms with Gasteiger partial charge in [-0.15, -0.1) is 0 Å². The van der Waals surface area contributed by atoms with Gasteiger partial charge < -0.3 is 9.13 Å². The third-order valence-corrected chi connectivity index (χ3v) is 9.96. The lowest BCUT2D eigenvalue weighted by atomic mass is 9.82. The molecule has 0 unspecified atom stereocenters. The van der Waals surface area contributed by atoms with Crippen LogP contribution in [-0.4, -0.2) is 9.13 Å². The minimum Gasteiger partial charge on any atom is -0.309 e. The summed E-state index contributed by atoms with van der Waals surface area (Å²) < 4.78 is 4.52. The second-order valence-corrected chi connectivity index (χ2v) is 12.7. The molecule has 0 aliphatic heterocycles. The maximum Gasteiger partial charge on any atom is 0.188 e. The minimum absolute atomic E-state index is 0.140. The average Bonchev–Trinajstić information content (AvgIpc) is 3.70. The number of hydrogen-bond donors (Lipinski definition) is 0. The fourth-order valence-corrected chi connectivity index (χ4v) is 7.85. The Bertz CT molecular complexity index is 2730. The van der Waals surface area contributed by atoms with Gasteiger partial charge in [-0.25, -0.2) is 4.85 Å². The molecule has 0 atom stereocenters. The van der Waals surface area contributed by atoms with Crippen LogP contribution in [0.1, 0.15) is 36.1 Å². The number of fused-ring (bicyclic) bond motifs is 10. The van der Waals surface area contributed by atoms with E-state index >= 15 is 0 Å². The van der Waals surface area contributed by atoms with Crippen LogP contribution in [0, 0.1) is 29.2 Å². The van der Waals surface area contributed by atoms with Crippen molar-refractivity contribution in [2.75, 3.05) is 0 Å². The standard InChI is InChI=1S/C42H25N5/c1-42(2)34-10-5-4-9-30(34)40-35(42)14-18-39-41(40)33-21-27(45-3)13-17-38(33)47(39)29-8-6-7-28(22-29)46-36-15-11-25(23-43)19-31(36)32-20-26(24-44)12-16-37(32)46/h4-22H,1-2H3. The van der Waals surface area contributed by atoms with Gasteiger partial charge in [0.05, 0.1) is 51.9 Å².